The van der Waals surface area contributed by atoms with E-state index in [0.717, 1.165) is 11.1 Å². The van der Waals surface area contributed by atoms with Gasteiger partial charge in [-0.05, 0) is 35.9 Å². The maximum absolute atomic E-state index is 13.0. The number of ether oxygens (including phenoxy) is 1. The number of methoxy groups -OCH3 is 1. The number of hydrogen-bond acceptors (Lipinski definition) is 4. The average Bonchev–Trinajstić information content (AvgIpc) is 2.84. The molecule has 1 heterocycles. The number of halogens is 1. The highest BCUT2D eigenvalue weighted by Crippen LogP contribution is 2.17. The molecule has 0 fully saturated rings. The molecule has 33 heavy (non-hydrogen) atoms. The van der Waals surface area contributed by atoms with Crippen LogP contribution in [0, 0.1) is 0 Å². The third kappa shape index (κ3) is 4.83. The van der Waals surface area contributed by atoms with Crippen molar-refractivity contribution in [2.24, 2.45) is 0 Å². The first kappa shape index (κ1) is 22.4. The van der Waals surface area contributed by atoms with E-state index in [9.17, 15) is 14.4 Å². The zero-order chi connectivity index (χ0) is 23.4. The number of carbonyl (C=O) groups is 1. The maximum atomic E-state index is 13.0. The van der Waals surface area contributed by atoms with Crippen LogP contribution in [0.5, 0.6) is 5.75 Å². The van der Waals surface area contributed by atoms with Crippen LogP contribution in [0.3, 0.4) is 0 Å². The molecule has 168 valence electrons. The maximum Gasteiger partial charge on any atom is 0.317 e. The normalized spacial score (nSPS) is 10.8. The Balaban J connectivity index is 1.64. The predicted octanol–water partition coefficient (Wildman–Crippen LogP) is 3.19. The molecule has 4 rings (SSSR count). The lowest BCUT2D eigenvalue weighted by Gasteiger charge is -2.15. The van der Waals surface area contributed by atoms with Crippen LogP contribution < -0.4 is 21.2 Å². The molecule has 8 heteroatoms. The van der Waals surface area contributed by atoms with Gasteiger partial charge in [-0.25, -0.2) is 0 Å². The van der Waals surface area contributed by atoms with E-state index in [1.165, 1.54) is 9.13 Å². The van der Waals surface area contributed by atoms with Gasteiger partial charge in [-0.15, -0.1) is 0 Å². The fraction of sp³-hybridized carbons (Fsp3) is 0.160. The van der Waals surface area contributed by atoms with Crippen LogP contribution in [0.25, 0.3) is 11.0 Å². The third-order valence-electron chi connectivity index (χ3n) is 5.36. The molecule has 0 aliphatic carbocycles. The zero-order valence-electron chi connectivity index (χ0n) is 18.0. The molecule has 0 atom stereocenters. The van der Waals surface area contributed by atoms with Gasteiger partial charge < -0.3 is 10.1 Å². The molecular formula is C25H22ClN3O4. The molecule has 4 aromatic rings. The van der Waals surface area contributed by atoms with Crippen LogP contribution in [0.15, 0.2) is 82.4 Å². The minimum absolute atomic E-state index is 0.215. The molecule has 0 aliphatic rings. The lowest BCUT2D eigenvalue weighted by atomic mass is 10.2. The van der Waals surface area contributed by atoms with Crippen LogP contribution in [-0.4, -0.2) is 22.2 Å². The molecule has 0 saturated carbocycles. The summed E-state index contributed by atoms with van der Waals surface area (Å²) in [6.07, 6.45) is 0. The van der Waals surface area contributed by atoms with E-state index >= 15 is 0 Å². The van der Waals surface area contributed by atoms with Crippen molar-refractivity contribution in [2.75, 3.05) is 7.11 Å². The van der Waals surface area contributed by atoms with Crippen molar-refractivity contribution < 1.29 is 9.53 Å². The van der Waals surface area contributed by atoms with Gasteiger partial charge in [0.25, 0.3) is 0 Å². The minimum atomic E-state index is -0.755. The molecule has 0 bridgehead atoms. The Morgan fingerprint density at radius 2 is 1.48 bits per heavy atom. The van der Waals surface area contributed by atoms with E-state index in [0.29, 0.717) is 21.8 Å². The minimum Gasteiger partial charge on any atom is -0.496 e. The number of carbonyl (C=O) groups excluding carboxylic acids is 1. The SMILES string of the molecule is COc1ccccc1CNC(=O)Cn1c(=O)c(=O)n(Cc2ccc(Cl)cc2)c2ccccc21. The Labute approximate surface area is 194 Å². The lowest BCUT2D eigenvalue weighted by Crippen LogP contribution is -2.44. The first-order chi connectivity index (χ1) is 16.0. The van der Waals surface area contributed by atoms with Crippen LogP contribution in [0.2, 0.25) is 5.02 Å². The van der Waals surface area contributed by atoms with Crippen molar-refractivity contribution in [3.63, 3.8) is 0 Å². The van der Waals surface area contributed by atoms with Crippen molar-refractivity contribution in [2.45, 2.75) is 19.6 Å². The summed E-state index contributed by atoms with van der Waals surface area (Å²) in [6, 6.07) is 21.5. The number of para-hydroxylation sites is 3. The average molecular weight is 464 g/mol. The molecule has 0 aliphatic heterocycles. The summed E-state index contributed by atoms with van der Waals surface area (Å²) >= 11 is 5.95. The summed E-state index contributed by atoms with van der Waals surface area (Å²) in [5.74, 6) is 0.272. The number of fused-ring (bicyclic) bond motifs is 1. The highest BCUT2D eigenvalue weighted by atomic mass is 35.5. The molecule has 1 N–H and O–H groups in total. The standard InChI is InChI=1S/C25H22ClN3O4/c1-33-22-9-5-2-6-18(22)14-27-23(30)16-29-21-8-4-3-7-20(21)28(24(31)25(29)32)15-17-10-12-19(26)13-11-17/h2-13H,14-16H2,1H3,(H,27,30). The molecule has 0 radical (unpaired) electrons. The van der Waals surface area contributed by atoms with Gasteiger partial charge in [0.2, 0.25) is 5.91 Å². The molecule has 1 aromatic heterocycles. The molecule has 0 spiro atoms. The number of rotatable bonds is 7. The second-order valence-electron chi connectivity index (χ2n) is 7.49. The zero-order valence-corrected chi connectivity index (χ0v) is 18.7. The number of benzene rings is 3. The van der Waals surface area contributed by atoms with Crippen LogP contribution >= 0.6 is 11.6 Å². The number of amides is 1. The van der Waals surface area contributed by atoms with E-state index in [1.807, 2.05) is 18.2 Å². The fourth-order valence-corrected chi connectivity index (χ4v) is 3.83. The van der Waals surface area contributed by atoms with Gasteiger partial charge in [-0.2, -0.15) is 0 Å². The third-order valence-corrected chi connectivity index (χ3v) is 5.61. The van der Waals surface area contributed by atoms with Crippen LogP contribution in [0.4, 0.5) is 0 Å². The monoisotopic (exact) mass is 463 g/mol. The summed E-state index contributed by atoms with van der Waals surface area (Å²) in [4.78, 5) is 38.6. The fourth-order valence-electron chi connectivity index (χ4n) is 3.70. The van der Waals surface area contributed by atoms with E-state index in [-0.39, 0.29) is 25.5 Å². The quantitative estimate of drug-likeness (QED) is 0.427. The predicted molar refractivity (Wildman–Crippen MR) is 128 cm³/mol. The lowest BCUT2D eigenvalue weighted by molar-refractivity contribution is -0.121. The molecule has 0 saturated heterocycles. The van der Waals surface area contributed by atoms with Crippen LogP contribution in [-0.2, 0) is 24.4 Å². The van der Waals surface area contributed by atoms with E-state index < -0.39 is 11.1 Å². The number of nitrogens with zero attached hydrogens (tertiary/aromatic N) is 2. The Bertz CT molecular complexity index is 1420. The van der Waals surface area contributed by atoms with Crippen molar-refractivity contribution >= 4 is 28.5 Å². The van der Waals surface area contributed by atoms with Crippen LogP contribution in [0.1, 0.15) is 11.1 Å². The van der Waals surface area contributed by atoms with Gasteiger partial charge in [0, 0.05) is 17.1 Å². The van der Waals surface area contributed by atoms with Gasteiger partial charge in [-0.1, -0.05) is 54.1 Å². The number of aromatic nitrogens is 2. The van der Waals surface area contributed by atoms with Gasteiger partial charge >= 0.3 is 11.1 Å². The largest absolute Gasteiger partial charge is 0.496 e. The van der Waals surface area contributed by atoms with Crippen molar-refractivity contribution in [1.82, 2.24) is 14.5 Å². The Hall–Kier alpha value is -3.84. The van der Waals surface area contributed by atoms with Gasteiger partial charge in [0.15, 0.2) is 0 Å². The Kier molecular flexibility index (Phi) is 6.60. The summed E-state index contributed by atoms with van der Waals surface area (Å²) in [6.45, 7) is 0.182. The van der Waals surface area contributed by atoms with Crippen molar-refractivity contribution in [3.05, 3.63) is 110 Å². The van der Waals surface area contributed by atoms with E-state index in [1.54, 1.807) is 61.7 Å². The highest BCUT2D eigenvalue weighted by Gasteiger charge is 2.16. The topological polar surface area (TPSA) is 82.3 Å². The molecule has 7 nitrogen and oxygen atoms in total. The first-order valence-corrected chi connectivity index (χ1v) is 10.7. The summed E-state index contributed by atoms with van der Waals surface area (Å²) in [5, 5.41) is 3.38. The van der Waals surface area contributed by atoms with Gasteiger partial charge in [-0.3, -0.25) is 23.5 Å². The summed E-state index contributed by atoms with van der Waals surface area (Å²) in [7, 11) is 1.56. The van der Waals surface area contributed by atoms with Gasteiger partial charge in [0.1, 0.15) is 12.3 Å². The molecule has 3 aromatic carbocycles. The highest BCUT2D eigenvalue weighted by molar-refractivity contribution is 6.30. The molecular weight excluding hydrogens is 442 g/mol. The Morgan fingerprint density at radius 3 is 2.18 bits per heavy atom. The van der Waals surface area contributed by atoms with E-state index in [4.69, 9.17) is 16.3 Å². The smallest absolute Gasteiger partial charge is 0.317 e. The summed E-state index contributed by atoms with van der Waals surface area (Å²) < 4.78 is 7.94. The van der Waals surface area contributed by atoms with Crippen molar-refractivity contribution in [1.29, 1.82) is 0 Å². The van der Waals surface area contributed by atoms with Crippen molar-refractivity contribution in [3.8, 4) is 5.75 Å². The second-order valence-corrected chi connectivity index (χ2v) is 7.92. The molecule has 0 unspecified atom stereocenters. The number of hydrogen-bond donors (Lipinski definition) is 1. The van der Waals surface area contributed by atoms with Gasteiger partial charge in [0.05, 0.1) is 24.7 Å². The van der Waals surface area contributed by atoms with E-state index in [2.05, 4.69) is 5.32 Å². The number of nitrogens with one attached hydrogen (secondary N) is 1. The second kappa shape index (κ2) is 9.75. The Morgan fingerprint density at radius 1 is 0.879 bits per heavy atom. The molecule has 1 amide bonds. The first-order valence-electron chi connectivity index (χ1n) is 10.3. The summed E-state index contributed by atoms with van der Waals surface area (Å²) in [5.41, 5.74) is 1.26.